The van der Waals surface area contributed by atoms with E-state index in [2.05, 4.69) is 31.2 Å². The van der Waals surface area contributed by atoms with Crippen LogP contribution in [-0.4, -0.2) is 98.5 Å². The standard InChI is InChI=1S/C39H52N8O8/c1-6-21(4)33(45-31(49)17-40)37(52)43-30(16-24-19-42-28-14-10-8-12-26(24)28)36(51)47-34(22(5)48)38(53)44-29(35(50)46-32(20(2)3)39(54)55)15-23-18-41-27-13-9-7-11-25(23)27/h7-14,18-22,29-30,32-34,41-42,48H,6,15-17,40H2,1-5H3,(H,43,52)(H,44,53)(H,45,49)(H,46,50)(H,47,51)(H,54,55)/t21-,22+,29+,30-,32-,33-,34-/m1/s1/i/hD. The number of carbonyl (C=O) groups is 6. The van der Waals surface area contributed by atoms with Gasteiger partial charge in [0.2, 0.25) is 29.5 Å². The Bertz CT molecular complexity index is 2030. The van der Waals surface area contributed by atoms with Gasteiger partial charge < -0.3 is 52.5 Å². The third kappa shape index (κ3) is 10.7. The maximum Gasteiger partial charge on any atom is 0.326 e. The zero-order valence-electron chi connectivity index (χ0n) is 32.6. The van der Waals surface area contributed by atoms with E-state index in [1.165, 1.54) is 6.92 Å². The molecule has 0 saturated heterocycles. The summed E-state index contributed by atoms with van der Waals surface area (Å²) in [6, 6.07) is 7.33. The van der Waals surface area contributed by atoms with Crippen LogP contribution in [0.5, 0.6) is 0 Å². The first-order valence-corrected chi connectivity index (χ1v) is 18.3. The van der Waals surface area contributed by atoms with Crippen molar-refractivity contribution in [3.63, 3.8) is 0 Å². The Morgan fingerprint density at radius 1 is 0.709 bits per heavy atom. The number of H-pyrrole nitrogens is 2. The molecule has 0 fully saturated rings. The fraction of sp³-hybridized carbons (Fsp3) is 0.436. The van der Waals surface area contributed by atoms with Gasteiger partial charge in [-0.1, -0.05) is 70.5 Å². The summed E-state index contributed by atoms with van der Waals surface area (Å²) >= 11 is 0. The normalized spacial score (nSPS) is 15.5. The summed E-state index contributed by atoms with van der Waals surface area (Å²) in [5.41, 5.74) is 8.22. The van der Waals surface area contributed by atoms with E-state index in [-0.39, 0.29) is 30.6 Å². The lowest BCUT2D eigenvalue weighted by atomic mass is 9.97. The average Bonchev–Trinajstić information content (AvgIpc) is 3.77. The van der Waals surface area contributed by atoms with Gasteiger partial charge in [-0.2, -0.15) is 0 Å². The molecule has 0 aliphatic heterocycles. The molecule has 4 rings (SSSR count). The molecule has 0 aliphatic carbocycles. The van der Waals surface area contributed by atoms with Crippen LogP contribution in [0.4, 0.5) is 0 Å². The predicted octanol–water partition coefficient (Wildman–Crippen LogP) is 0.985. The fourth-order valence-corrected chi connectivity index (χ4v) is 6.28. The van der Waals surface area contributed by atoms with Crippen molar-refractivity contribution in [3.8, 4) is 0 Å². The summed E-state index contributed by atoms with van der Waals surface area (Å²) in [7, 11) is 0. The summed E-state index contributed by atoms with van der Waals surface area (Å²) in [6.45, 7) is 7.61. The molecule has 16 nitrogen and oxygen atoms in total. The van der Waals surface area contributed by atoms with E-state index in [4.69, 9.17) is 7.15 Å². The van der Waals surface area contributed by atoms with Crippen molar-refractivity contribution in [2.75, 3.05) is 6.54 Å². The molecule has 0 spiro atoms. The minimum atomic E-state index is -1.90. The van der Waals surface area contributed by atoms with Crippen LogP contribution in [-0.2, 0) is 41.6 Å². The van der Waals surface area contributed by atoms with E-state index in [0.29, 0.717) is 17.5 Å². The molecule has 7 atom stereocenters. The van der Waals surface area contributed by atoms with Crippen LogP contribution in [0, 0.1) is 11.8 Å². The second kappa shape index (κ2) is 19.0. The van der Waals surface area contributed by atoms with Crippen LogP contribution in [0.1, 0.15) is 52.2 Å². The van der Waals surface area contributed by atoms with Gasteiger partial charge in [-0.05, 0) is 42.0 Å². The van der Waals surface area contributed by atoms with Crippen LogP contribution < -0.4 is 32.3 Å². The maximum atomic E-state index is 14.3. The fourth-order valence-electron chi connectivity index (χ4n) is 6.28. The number of nitrogens with two attached hydrogens (primary N) is 1. The number of carboxylic acids is 1. The number of para-hydroxylation sites is 2. The number of fused-ring (bicyclic) bond motifs is 2. The van der Waals surface area contributed by atoms with Crippen molar-refractivity contribution in [1.82, 2.24) is 36.5 Å². The van der Waals surface area contributed by atoms with E-state index < -0.39 is 77.7 Å². The van der Waals surface area contributed by atoms with Crippen molar-refractivity contribution in [2.24, 2.45) is 17.6 Å². The zero-order valence-corrected chi connectivity index (χ0v) is 31.6. The highest BCUT2D eigenvalue weighted by Crippen LogP contribution is 2.21. The minimum Gasteiger partial charge on any atom is -0.480 e. The van der Waals surface area contributed by atoms with E-state index >= 15 is 0 Å². The minimum absolute atomic E-state index is 0.116. The summed E-state index contributed by atoms with van der Waals surface area (Å²) in [5.74, 6) is -6.47. The number of carboxylic acid groups (broad SMARTS) is 1. The number of aliphatic hydroxyl groups is 1. The third-order valence-corrected chi connectivity index (χ3v) is 9.67. The van der Waals surface area contributed by atoms with E-state index in [1.54, 1.807) is 45.3 Å². The molecule has 11 N–H and O–H groups in total. The number of aliphatic carboxylic acids is 1. The van der Waals surface area contributed by atoms with Gasteiger partial charge in [-0.25, -0.2) is 4.79 Å². The quantitative estimate of drug-likeness (QED) is 0.0652. The molecule has 0 unspecified atom stereocenters. The molecular formula is C39H52N8O8. The number of benzene rings is 2. The Balaban J connectivity index is 1.67. The molecule has 2 aromatic carbocycles. The van der Waals surface area contributed by atoms with Crippen LogP contribution in [0.3, 0.4) is 0 Å². The Morgan fingerprint density at radius 2 is 1.20 bits per heavy atom. The van der Waals surface area contributed by atoms with Gasteiger partial charge >= 0.3 is 5.97 Å². The summed E-state index contributed by atoms with van der Waals surface area (Å²) in [5, 5.41) is 32.7. The second-order valence-electron chi connectivity index (χ2n) is 14.1. The first-order chi connectivity index (χ1) is 26.6. The van der Waals surface area contributed by atoms with Crippen LogP contribution in [0.2, 0.25) is 1.41 Å². The Labute approximate surface area is 320 Å². The Hall–Kier alpha value is -5.74. The highest BCUT2D eigenvalue weighted by atomic mass is 16.4. The molecule has 16 heteroatoms. The average molecular weight is 762 g/mol. The van der Waals surface area contributed by atoms with Gasteiger partial charge in [-0.3, -0.25) is 24.0 Å². The van der Waals surface area contributed by atoms with Gasteiger partial charge in [0.15, 0.2) is 1.41 Å². The smallest absolute Gasteiger partial charge is 0.326 e. The van der Waals surface area contributed by atoms with E-state index in [0.717, 1.165) is 21.8 Å². The lowest BCUT2D eigenvalue weighted by Gasteiger charge is -2.29. The van der Waals surface area contributed by atoms with Crippen molar-refractivity contribution < 1.29 is 40.4 Å². The first kappa shape index (κ1) is 40.4. The SMILES string of the molecule is [2H]N(C(=O)[C@@H](Cc1c[nH]c2ccccc12)NC(=O)[C@H](NC(=O)CN)[C@H](C)CC)[C@@H](C(=O)N[C@@H](Cc1c[nH]c2ccccc12)C(=O)N[C@@H](C(=O)O)C(C)C)[C@H](C)O. The maximum absolute atomic E-state index is 14.3. The topological polar surface area (TPSA) is 261 Å². The molecule has 4 aromatic rings. The molecule has 296 valence electrons. The molecule has 0 radical (unpaired) electrons. The molecule has 0 saturated carbocycles. The molecular weight excluding hydrogens is 708 g/mol. The van der Waals surface area contributed by atoms with Crippen molar-refractivity contribution in [1.29, 1.82) is 0 Å². The number of amides is 5. The number of hydrogen-bond acceptors (Lipinski definition) is 8. The van der Waals surface area contributed by atoms with Gasteiger partial charge in [-0.15, -0.1) is 0 Å². The van der Waals surface area contributed by atoms with E-state index in [1.807, 2.05) is 43.3 Å². The first-order valence-electron chi connectivity index (χ1n) is 18.8. The largest absolute Gasteiger partial charge is 0.480 e. The number of aromatic amines is 2. The third-order valence-electron chi connectivity index (χ3n) is 9.67. The van der Waals surface area contributed by atoms with Gasteiger partial charge in [0, 0.05) is 47.0 Å². The van der Waals surface area contributed by atoms with Crippen LogP contribution in [0.15, 0.2) is 60.9 Å². The highest BCUT2D eigenvalue weighted by Gasteiger charge is 2.36. The summed E-state index contributed by atoms with van der Waals surface area (Å²) in [6.07, 6.45) is 1.87. The molecule has 0 aliphatic rings. The summed E-state index contributed by atoms with van der Waals surface area (Å²) in [4.78, 5) is 86.4. The monoisotopic (exact) mass is 761 g/mol. The molecule has 0 bridgehead atoms. The number of rotatable bonds is 19. The van der Waals surface area contributed by atoms with E-state index in [9.17, 15) is 39.0 Å². The van der Waals surface area contributed by atoms with Gasteiger partial charge in [0.05, 0.1) is 12.6 Å². The second-order valence-corrected chi connectivity index (χ2v) is 14.1. The van der Waals surface area contributed by atoms with Crippen molar-refractivity contribution >= 4 is 57.3 Å². The van der Waals surface area contributed by atoms with Gasteiger partial charge in [0.25, 0.3) is 0 Å². The number of carbonyl (C=O) groups excluding carboxylic acids is 5. The molecule has 2 heterocycles. The van der Waals surface area contributed by atoms with Crippen molar-refractivity contribution in [2.45, 2.75) is 90.2 Å². The molecule has 55 heavy (non-hydrogen) atoms. The number of nitrogens with one attached hydrogen (secondary N) is 7. The lowest BCUT2D eigenvalue weighted by Crippen LogP contribution is -2.62. The number of aromatic nitrogens is 2. The molecule has 2 aromatic heterocycles. The summed E-state index contributed by atoms with van der Waals surface area (Å²) < 4.78 is 8.95. The van der Waals surface area contributed by atoms with Crippen LogP contribution in [0.25, 0.3) is 21.8 Å². The zero-order chi connectivity index (χ0) is 41.3. The Kier molecular flexibility index (Phi) is 14.0. The number of hydrogen-bond donors (Lipinski definition) is 10. The lowest BCUT2D eigenvalue weighted by molar-refractivity contribution is -0.143. The number of aliphatic hydroxyl groups excluding tert-OH is 1. The predicted molar refractivity (Wildman–Crippen MR) is 206 cm³/mol. The van der Waals surface area contributed by atoms with Crippen molar-refractivity contribution in [3.05, 3.63) is 72.1 Å². The van der Waals surface area contributed by atoms with Gasteiger partial charge in [0.1, 0.15) is 30.2 Å². The Morgan fingerprint density at radius 3 is 1.65 bits per heavy atom. The highest BCUT2D eigenvalue weighted by molar-refractivity contribution is 5.97. The molecule has 5 amide bonds. The van der Waals surface area contributed by atoms with Crippen LogP contribution >= 0.6 is 0 Å².